The summed E-state index contributed by atoms with van der Waals surface area (Å²) >= 11 is 0. The maximum Gasteiger partial charge on any atom is 0.238 e. The van der Waals surface area contributed by atoms with E-state index in [2.05, 4.69) is 29.4 Å². The largest absolute Gasteiger partial charge is 0.423 e. The van der Waals surface area contributed by atoms with E-state index in [1.807, 2.05) is 12.1 Å². The van der Waals surface area contributed by atoms with Crippen molar-refractivity contribution in [3.63, 3.8) is 0 Å². The maximum atomic E-state index is 13.6. The van der Waals surface area contributed by atoms with Crippen molar-refractivity contribution in [2.45, 2.75) is 65.3 Å². The summed E-state index contributed by atoms with van der Waals surface area (Å²) in [6, 6.07) is 4.90. The second-order valence-corrected chi connectivity index (χ2v) is 8.07. The average molecular weight is 373 g/mol. The fourth-order valence-electron chi connectivity index (χ4n) is 3.55. The molecular weight excluding hydrogens is 345 g/mol. The molecule has 27 heavy (non-hydrogen) atoms. The van der Waals surface area contributed by atoms with Crippen LogP contribution in [0.5, 0.6) is 0 Å². The van der Waals surface area contributed by atoms with Gasteiger partial charge in [-0.3, -0.25) is 4.79 Å². The molecule has 1 heterocycles. The minimum absolute atomic E-state index is 0.0321. The second kappa shape index (κ2) is 8.19. The number of carbonyl (C=O) groups is 1. The Morgan fingerprint density at radius 3 is 2.59 bits per heavy atom. The van der Waals surface area contributed by atoms with Gasteiger partial charge >= 0.3 is 0 Å². The monoisotopic (exact) mass is 373 g/mol. The fourth-order valence-corrected chi connectivity index (χ4v) is 3.55. The lowest BCUT2D eigenvalue weighted by atomic mass is 9.89. The number of benzene rings is 1. The first-order chi connectivity index (χ1) is 12.8. The normalized spacial score (nSPS) is 16.4. The topological polar surface area (TPSA) is 68.0 Å². The molecule has 1 fully saturated rings. The standard InChI is InChI=1S/C21H28FN3O2/c1-12(2)9-19(21-25-24-14(4)27-21)23-20(26)11-17(15-5-6-15)16-7-8-18(22)13(3)10-16/h7-8,10,12,15,17,19H,5-6,9,11H2,1-4H3,(H,23,26). The number of nitrogens with one attached hydrogen (secondary N) is 1. The molecule has 1 saturated carbocycles. The van der Waals surface area contributed by atoms with Crippen LogP contribution in [0.1, 0.15) is 74.4 Å². The minimum atomic E-state index is -0.284. The van der Waals surface area contributed by atoms with Crippen molar-refractivity contribution in [2.75, 3.05) is 0 Å². The third-order valence-electron chi connectivity index (χ3n) is 5.09. The Kier molecular flexibility index (Phi) is 5.92. The summed E-state index contributed by atoms with van der Waals surface area (Å²) in [5, 5.41) is 11.0. The summed E-state index contributed by atoms with van der Waals surface area (Å²) in [5.74, 6) is 1.70. The highest BCUT2D eigenvalue weighted by Gasteiger charge is 2.34. The summed E-state index contributed by atoms with van der Waals surface area (Å²) in [4.78, 5) is 12.8. The Labute approximate surface area is 159 Å². The second-order valence-electron chi connectivity index (χ2n) is 8.07. The Morgan fingerprint density at radius 1 is 1.30 bits per heavy atom. The highest BCUT2D eigenvalue weighted by atomic mass is 19.1. The molecule has 146 valence electrons. The van der Waals surface area contributed by atoms with Crippen LogP contribution >= 0.6 is 0 Å². The van der Waals surface area contributed by atoms with E-state index in [4.69, 9.17) is 4.42 Å². The molecule has 5 nitrogen and oxygen atoms in total. The number of halogens is 1. The van der Waals surface area contributed by atoms with Crippen molar-refractivity contribution in [1.82, 2.24) is 15.5 Å². The van der Waals surface area contributed by atoms with Crippen LogP contribution in [0.4, 0.5) is 4.39 Å². The molecule has 0 radical (unpaired) electrons. The zero-order valence-electron chi connectivity index (χ0n) is 16.5. The first kappa shape index (κ1) is 19.5. The lowest BCUT2D eigenvalue weighted by molar-refractivity contribution is -0.122. The first-order valence-corrected chi connectivity index (χ1v) is 9.69. The number of aromatic nitrogens is 2. The Balaban J connectivity index is 1.71. The zero-order valence-corrected chi connectivity index (χ0v) is 16.5. The van der Waals surface area contributed by atoms with Gasteiger partial charge in [-0.2, -0.15) is 0 Å². The van der Waals surface area contributed by atoms with Crippen molar-refractivity contribution in [1.29, 1.82) is 0 Å². The van der Waals surface area contributed by atoms with Crippen molar-refractivity contribution in [2.24, 2.45) is 11.8 Å². The van der Waals surface area contributed by atoms with Crippen LogP contribution in [-0.2, 0) is 4.79 Å². The number of rotatable bonds is 8. The molecule has 1 aromatic carbocycles. The Bertz CT molecular complexity index is 798. The van der Waals surface area contributed by atoms with Crippen molar-refractivity contribution < 1.29 is 13.6 Å². The van der Waals surface area contributed by atoms with E-state index in [0.717, 1.165) is 24.8 Å². The highest BCUT2D eigenvalue weighted by molar-refractivity contribution is 5.77. The SMILES string of the molecule is Cc1nnc(C(CC(C)C)NC(=O)CC(c2ccc(F)c(C)c2)C2CC2)o1. The average Bonchev–Trinajstić information content (AvgIpc) is 3.35. The molecule has 2 atom stereocenters. The van der Waals surface area contributed by atoms with Crippen LogP contribution in [-0.4, -0.2) is 16.1 Å². The molecule has 6 heteroatoms. The van der Waals surface area contributed by atoms with Crippen molar-refractivity contribution in [3.8, 4) is 0 Å². The number of hydrogen-bond acceptors (Lipinski definition) is 4. The van der Waals surface area contributed by atoms with E-state index in [-0.39, 0.29) is 23.7 Å². The molecule has 2 aromatic rings. The van der Waals surface area contributed by atoms with Crippen LogP contribution in [0.3, 0.4) is 0 Å². The smallest absolute Gasteiger partial charge is 0.238 e. The van der Waals surface area contributed by atoms with Crippen LogP contribution in [0.2, 0.25) is 0 Å². The minimum Gasteiger partial charge on any atom is -0.423 e. The van der Waals surface area contributed by atoms with Gasteiger partial charge in [0.2, 0.25) is 17.7 Å². The maximum absolute atomic E-state index is 13.6. The Hall–Kier alpha value is -2.24. The summed E-state index contributed by atoms with van der Waals surface area (Å²) in [6.07, 6.45) is 3.36. The molecule has 1 aliphatic rings. The quantitative estimate of drug-likeness (QED) is 0.733. The van der Waals surface area contributed by atoms with Crippen LogP contribution in [0.15, 0.2) is 22.6 Å². The third-order valence-corrected chi connectivity index (χ3v) is 5.09. The number of amides is 1. The van der Waals surface area contributed by atoms with Gasteiger partial charge in [0.15, 0.2) is 0 Å². The fraction of sp³-hybridized carbons (Fsp3) is 0.571. The van der Waals surface area contributed by atoms with E-state index in [1.165, 1.54) is 6.07 Å². The molecule has 0 spiro atoms. The molecule has 2 unspecified atom stereocenters. The van der Waals surface area contributed by atoms with Gasteiger partial charge in [-0.25, -0.2) is 4.39 Å². The van der Waals surface area contributed by atoms with E-state index in [9.17, 15) is 9.18 Å². The van der Waals surface area contributed by atoms with Gasteiger partial charge in [0.1, 0.15) is 11.9 Å². The van der Waals surface area contributed by atoms with Crippen molar-refractivity contribution >= 4 is 5.91 Å². The summed E-state index contributed by atoms with van der Waals surface area (Å²) in [6.45, 7) is 7.69. The molecule has 1 amide bonds. The van der Waals surface area contributed by atoms with Gasteiger partial charge in [-0.1, -0.05) is 26.0 Å². The molecule has 3 rings (SSSR count). The highest BCUT2D eigenvalue weighted by Crippen LogP contribution is 2.44. The van der Waals surface area contributed by atoms with Gasteiger partial charge in [-0.05, 0) is 61.1 Å². The summed E-state index contributed by atoms with van der Waals surface area (Å²) in [5.41, 5.74) is 1.66. The van der Waals surface area contributed by atoms with Crippen LogP contribution in [0.25, 0.3) is 0 Å². The van der Waals surface area contributed by atoms with E-state index >= 15 is 0 Å². The lowest BCUT2D eigenvalue weighted by Crippen LogP contribution is -2.31. The van der Waals surface area contributed by atoms with E-state index in [1.54, 1.807) is 13.8 Å². The zero-order chi connectivity index (χ0) is 19.6. The predicted octanol–water partition coefficient (Wildman–Crippen LogP) is 4.61. The number of aryl methyl sites for hydroxylation is 2. The molecule has 0 bridgehead atoms. The van der Waals surface area contributed by atoms with E-state index in [0.29, 0.717) is 35.6 Å². The molecule has 1 aliphatic carbocycles. The lowest BCUT2D eigenvalue weighted by Gasteiger charge is -2.21. The van der Waals surface area contributed by atoms with Gasteiger partial charge in [0.25, 0.3) is 0 Å². The predicted molar refractivity (Wildman–Crippen MR) is 101 cm³/mol. The molecule has 1 N–H and O–H groups in total. The Morgan fingerprint density at radius 2 is 2.04 bits per heavy atom. The van der Waals surface area contributed by atoms with Gasteiger partial charge in [0, 0.05) is 13.3 Å². The summed E-state index contributed by atoms with van der Waals surface area (Å²) in [7, 11) is 0. The first-order valence-electron chi connectivity index (χ1n) is 9.69. The number of nitrogens with zero attached hydrogens (tertiary/aromatic N) is 2. The van der Waals surface area contributed by atoms with Crippen molar-refractivity contribution in [3.05, 3.63) is 46.9 Å². The molecule has 1 aromatic heterocycles. The summed E-state index contributed by atoms with van der Waals surface area (Å²) < 4.78 is 19.2. The van der Waals surface area contributed by atoms with E-state index < -0.39 is 0 Å². The van der Waals surface area contributed by atoms with Gasteiger partial charge < -0.3 is 9.73 Å². The number of carbonyl (C=O) groups excluding carboxylic acids is 1. The van der Waals surface area contributed by atoms with Gasteiger partial charge in [0.05, 0.1) is 0 Å². The number of hydrogen-bond donors (Lipinski definition) is 1. The van der Waals surface area contributed by atoms with Crippen LogP contribution in [0, 0.1) is 31.5 Å². The van der Waals surface area contributed by atoms with Crippen LogP contribution < -0.4 is 5.32 Å². The molecular formula is C21H28FN3O2. The van der Waals surface area contributed by atoms with Gasteiger partial charge in [-0.15, -0.1) is 10.2 Å². The molecule has 0 aliphatic heterocycles. The third kappa shape index (κ3) is 5.15. The molecule has 0 saturated heterocycles.